The molecule has 0 aromatic carbocycles. The van der Waals surface area contributed by atoms with Crippen LogP contribution in [0.4, 0.5) is 5.95 Å². The molecular formula is C12H17ClN4O. The highest BCUT2D eigenvalue weighted by Gasteiger charge is 2.22. The van der Waals surface area contributed by atoms with Gasteiger partial charge in [-0.3, -0.25) is 0 Å². The standard InChI is InChI=1S/C12H17ClN4O/c1-3-12(18,4-2)8-14-11-15-10-6-5-9(13)7-17(10)16-11/h5-7,18H,3-4,8H2,1-2H3,(H,14,16). The molecule has 0 atom stereocenters. The zero-order valence-electron chi connectivity index (χ0n) is 10.5. The van der Waals surface area contributed by atoms with E-state index in [1.54, 1.807) is 22.8 Å². The molecule has 0 bridgehead atoms. The summed E-state index contributed by atoms with van der Waals surface area (Å²) in [5.74, 6) is 0.498. The SMILES string of the molecule is CCC(O)(CC)CNc1nc2ccc(Cl)cn2n1. The van der Waals surface area contributed by atoms with Gasteiger partial charge in [-0.05, 0) is 25.0 Å². The highest BCUT2D eigenvalue weighted by molar-refractivity contribution is 6.30. The van der Waals surface area contributed by atoms with Gasteiger partial charge in [0.05, 0.1) is 10.6 Å². The van der Waals surface area contributed by atoms with E-state index in [1.165, 1.54) is 0 Å². The van der Waals surface area contributed by atoms with E-state index in [0.717, 1.165) is 5.65 Å². The van der Waals surface area contributed by atoms with Crippen LogP contribution in [0.3, 0.4) is 0 Å². The monoisotopic (exact) mass is 268 g/mol. The van der Waals surface area contributed by atoms with Gasteiger partial charge in [-0.25, -0.2) is 4.52 Å². The number of nitrogens with one attached hydrogen (secondary N) is 1. The van der Waals surface area contributed by atoms with Crippen LogP contribution in [0, 0.1) is 0 Å². The van der Waals surface area contributed by atoms with Gasteiger partial charge in [0.25, 0.3) is 0 Å². The molecule has 0 spiro atoms. The molecule has 0 unspecified atom stereocenters. The maximum atomic E-state index is 10.2. The van der Waals surface area contributed by atoms with Gasteiger partial charge in [0.2, 0.25) is 5.95 Å². The summed E-state index contributed by atoms with van der Waals surface area (Å²) in [4.78, 5) is 4.30. The molecule has 0 radical (unpaired) electrons. The fraction of sp³-hybridized carbons (Fsp3) is 0.500. The second kappa shape index (κ2) is 5.12. The van der Waals surface area contributed by atoms with Crippen molar-refractivity contribution in [3.63, 3.8) is 0 Å². The minimum atomic E-state index is -0.713. The number of anilines is 1. The lowest BCUT2D eigenvalue weighted by Gasteiger charge is -2.24. The summed E-state index contributed by atoms with van der Waals surface area (Å²) in [5, 5.41) is 18.1. The second-order valence-electron chi connectivity index (χ2n) is 4.37. The van der Waals surface area contributed by atoms with Gasteiger partial charge in [-0.1, -0.05) is 25.4 Å². The average molecular weight is 269 g/mol. The van der Waals surface area contributed by atoms with Crippen LogP contribution in [0.2, 0.25) is 5.02 Å². The van der Waals surface area contributed by atoms with Gasteiger partial charge in [0.1, 0.15) is 0 Å². The predicted octanol–water partition coefficient (Wildman–Crippen LogP) is 2.35. The third-order valence-corrected chi connectivity index (χ3v) is 3.41. The molecule has 0 saturated carbocycles. The summed E-state index contributed by atoms with van der Waals surface area (Å²) in [6.45, 7) is 4.36. The molecule has 6 heteroatoms. The quantitative estimate of drug-likeness (QED) is 0.874. The first kappa shape index (κ1) is 13.1. The maximum absolute atomic E-state index is 10.2. The Labute approximate surface area is 111 Å². The highest BCUT2D eigenvalue weighted by Crippen LogP contribution is 2.16. The minimum absolute atomic E-state index is 0.435. The Kier molecular flexibility index (Phi) is 3.73. The van der Waals surface area contributed by atoms with Gasteiger partial charge in [-0.15, -0.1) is 5.10 Å². The number of nitrogens with zero attached hydrogens (tertiary/aromatic N) is 3. The number of pyridine rings is 1. The number of rotatable bonds is 5. The predicted molar refractivity (Wildman–Crippen MR) is 72.0 cm³/mol. The summed E-state index contributed by atoms with van der Waals surface area (Å²) in [5.41, 5.74) is 0.00761. The molecular weight excluding hydrogens is 252 g/mol. The summed E-state index contributed by atoms with van der Waals surface area (Å²) in [6, 6.07) is 3.57. The Morgan fingerprint density at radius 3 is 2.78 bits per heavy atom. The smallest absolute Gasteiger partial charge is 0.243 e. The van der Waals surface area contributed by atoms with Crippen LogP contribution >= 0.6 is 11.6 Å². The number of halogens is 1. The van der Waals surface area contributed by atoms with Crippen LogP contribution in [0.1, 0.15) is 26.7 Å². The number of aliphatic hydroxyl groups is 1. The number of hydrogen-bond acceptors (Lipinski definition) is 4. The van der Waals surface area contributed by atoms with Crippen molar-refractivity contribution in [2.24, 2.45) is 0 Å². The maximum Gasteiger partial charge on any atom is 0.243 e. The van der Waals surface area contributed by atoms with Crippen molar-refractivity contribution in [3.8, 4) is 0 Å². The molecule has 0 fully saturated rings. The van der Waals surface area contributed by atoms with Crippen molar-refractivity contribution in [2.45, 2.75) is 32.3 Å². The third-order valence-electron chi connectivity index (χ3n) is 3.19. The zero-order chi connectivity index (χ0) is 13.2. The Bertz CT molecular complexity index is 536. The molecule has 0 aliphatic carbocycles. The molecule has 2 N–H and O–H groups in total. The van der Waals surface area contributed by atoms with Crippen LogP contribution in [-0.2, 0) is 0 Å². The first-order chi connectivity index (χ1) is 8.56. The van der Waals surface area contributed by atoms with Gasteiger partial charge in [-0.2, -0.15) is 4.98 Å². The van der Waals surface area contributed by atoms with Gasteiger partial charge in [0, 0.05) is 12.7 Å². The second-order valence-corrected chi connectivity index (χ2v) is 4.81. The molecule has 2 aromatic rings. The minimum Gasteiger partial charge on any atom is -0.388 e. The molecule has 2 heterocycles. The molecule has 0 aliphatic rings. The average Bonchev–Trinajstić information content (AvgIpc) is 2.78. The highest BCUT2D eigenvalue weighted by atomic mass is 35.5. The number of aromatic nitrogens is 3. The lowest BCUT2D eigenvalue weighted by molar-refractivity contribution is 0.0455. The fourth-order valence-electron chi connectivity index (χ4n) is 1.68. The first-order valence-electron chi connectivity index (χ1n) is 6.04. The van der Waals surface area contributed by atoms with Crippen LogP contribution < -0.4 is 5.32 Å². The Morgan fingerprint density at radius 1 is 1.39 bits per heavy atom. The summed E-state index contributed by atoms with van der Waals surface area (Å²) < 4.78 is 1.61. The van der Waals surface area contributed by atoms with E-state index >= 15 is 0 Å². The normalized spacial score (nSPS) is 12.0. The van der Waals surface area contributed by atoms with Crippen LogP contribution in [0.25, 0.3) is 5.65 Å². The summed E-state index contributed by atoms with van der Waals surface area (Å²) in [6.07, 6.45) is 3.08. The Morgan fingerprint density at radius 2 is 2.11 bits per heavy atom. The van der Waals surface area contributed by atoms with Crippen molar-refractivity contribution < 1.29 is 5.11 Å². The molecule has 0 saturated heterocycles. The van der Waals surface area contributed by atoms with Crippen LogP contribution in [-0.4, -0.2) is 31.9 Å². The molecule has 5 nitrogen and oxygen atoms in total. The lowest BCUT2D eigenvalue weighted by atomic mass is 9.98. The number of fused-ring (bicyclic) bond motifs is 1. The molecule has 2 aromatic heterocycles. The van der Waals surface area contributed by atoms with Crippen molar-refractivity contribution in [1.29, 1.82) is 0 Å². The van der Waals surface area contributed by atoms with Crippen molar-refractivity contribution in [2.75, 3.05) is 11.9 Å². The molecule has 2 rings (SSSR count). The van der Waals surface area contributed by atoms with Crippen molar-refractivity contribution in [1.82, 2.24) is 14.6 Å². The van der Waals surface area contributed by atoms with E-state index < -0.39 is 5.60 Å². The van der Waals surface area contributed by atoms with Gasteiger partial charge in [0.15, 0.2) is 5.65 Å². The van der Waals surface area contributed by atoms with E-state index in [9.17, 15) is 5.11 Å². The topological polar surface area (TPSA) is 62.5 Å². The van der Waals surface area contributed by atoms with E-state index in [4.69, 9.17) is 11.6 Å². The fourth-order valence-corrected chi connectivity index (χ4v) is 1.83. The molecule has 98 valence electrons. The Hall–Kier alpha value is -1.33. The third kappa shape index (κ3) is 2.73. The van der Waals surface area contributed by atoms with E-state index in [-0.39, 0.29) is 0 Å². The Balaban J connectivity index is 2.13. The molecule has 18 heavy (non-hydrogen) atoms. The first-order valence-corrected chi connectivity index (χ1v) is 6.42. The van der Waals surface area contributed by atoms with E-state index in [1.807, 2.05) is 13.8 Å². The van der Waals surface area contributed by atoms with E-state index in [0.29, 0.717) is 30.4 Å². The van der Waals surface area contributed by atoms with Crippen molar-refractivity contribution >= 4 is 23.2 Å². The van der Waals surface area contributed by atoms with Crippen LogP contribution in [0.15, 0.2) is 18.3 Å². The molecule has 0 aliphatic heterocycles. The molecule has 0 amide bonds. The van der Waals surface area contributed by atoms with Crippen LogP contribution in [0.5, 0.6) is 0 Å². The summed E-state index contributed by atoms with van der Waals surface area (Å²) in [7, 11) is 0. The zero-order valence-corrected chi connectivity index (χ0v) is 11.3. The van der Waals surface area contributed by atoms with Crippen molar-refractivity contribution in [3.05, 3.63) is 23.4 Å². The van der Waals surface area contributed by atoms with Gasteiger partial charge < -0.3 is 10.4 Å². The van der Waals surface area contributed by atoms with E-state index in [2.05, 4.69) is 15.4 Å². The lowest BCUT2D eigenvalue weighted by Crippen LogP contribution is -2.35. The van der Waals surface area contributed by atoms with Gasteiger partial charge >= 0.3 is 0 Å². The number of hydrogen-bond donors (Lipinski definition) is 2. The largest absolute Gasteiger partial charge is 0.388 e. The summed E-state index contributed by atoms with van der Waals surface area (Å²) >= 11 is 5.87.